The van der Waals surface area contributed by atoms with Crippen LogP contribution in [-0.4, -0.2) is 83.7 Å². The fourth-order valence-electron chi connectivity index (χ4n) is 4.63. The van der Waals surface area contributed by atoms with E-state index in [4.69, 9.17) is 0 Å². The molecule has 2 aromatic heterocycles. The number of amides is 4. The Bertz CT molecular complexity index is 1440. The maximum absolute atomic E-state index is 15.2. The van der Waals surface area contributed by atoms with Gasteiger partial charge in [-0.1, -0.05) is 19.9 Å². The quantitative estimate of drug-likeness (QED) is 0.357. The number of hydrogen-bond acceptors (Lipinski definition) is 7. The molecule has 0 radical (unpaired) electrons. The van der Waals surface area contributed by atoms with E-state index in [1.165, 1.54) is 30.4 Å². The van der Waals surface area contributed by atoms with Crippen molar-refractivity contribution in [1.82, 2.24) is 25.4 Å². The molecule has 0 aliphatic carbocycles. The minimum Gasteiger partial charge on any atom is -0.344 e. The van der Waals surface area contributed by atoms with Crippen LogP contribution < -0.4 is 16.0 Å². The number of carbonyl (C=O) groups excluding carboxylic acids is 4. The molecule has 0 spiro atoms. The molecular formula is C29H35FN6O4S. The van der Waals surface area contributed by atoms with Gasteiger partial charge in [0, 0.05) is 55.5 Å². The lowest BCUT2D eigenvalue weighted by Crippen LogP contribution is -2.55. The van der Waals surface area contributed by atoms with Crippen LogP contribution in [0.2, 0.25) is 0 Å². The Morgan fingerprint density at radius 3 is 2.49 bits per heavy atom. The predicted molar refractivity (Wildman–Crippen MR) is 156 cm³/mol. The highest BCUT2D eigenvalue weighted by atomic mass is 32.1. The number of anilines is 1. The number of nitrogens with one attached hydrogen (secondary N) is 3. The zero-order valence-electron chi connectivity index (χ0n) is 23.6. The lowest BCUT2D eigenvalue weighted by atomic mass is 9.91. The van der Waals surface area contributed by atoms with E-state index in [0.717, 1.165) is 13.1 Å². The number of aromatic nitrogens is 1. The number of piperazine rings is 1. The molecule has 41 heavy (non-hydrogen) atoms. The van der Waals surface area contributed by atoms with Crippen molar-refractivity contribution in [2.24, 2.45) is 0 Å². The molecule has 1 aliphatic heterocycles. The third-order valence-electron chi connectivity index (χ3n) is 7.33. The molecule has 0 saturated carbocycles. The Balaban J connectivity index is 1.43. The van der Waals surface area contributed by atoms with Crippen molar-refractivity contribution in [3.8, 4) is 0 Å². The summed E-state index contributed by atoms with van der Waals surface area (Å²) in [6.07, 6.45) is 1.86. The van der Waals surface area contributed by atoms with Gasteiger partial charge in [-0.2, -0.15) is 0 Å². The van der Waals surface area contributed by atoms with E-state index in [1.807, 2.05) is 7.05 Å². The topological polar surface area (TPSA) is 124 Å². The second kappa shape index (κ2) is 13.2. The number of halogens is 1. The zero-order valence-corrected chi connectivity index (χ0v) is 24.4. The first-order valence-electron chi connectivity index (χ1n) is 13.6. The highest BCUT2D eigenvalue weighted by Crippen LogP contribution is 2.26. The van der Waals surface area contributed by atoms with Crippen LogP contribution >= 0.6 is 11.3 Å². The normalized spacial score (nSPS) is 16.1. The number of carbonyl (C=O) groups is 4. The third-order valence-corrected chi connectivity index (χ3v) is 8.23. The number of rotatable bonds is 9. The van der Waals surface area contributed by atoms with Crippen LogP contribution in [0.5, 0.6) is 0 Å². The van der Waals surface area contributed by atoms with Gasteiger partial charge < -0.3 is 25.8 Å². The van der Waals surface area contributed by atoms with E-state index in [0.29, 0.717) is 34.4 Å². The van der Waals surface area contributed by atoms with E-state index < -0.39 is 35.6 Å². The molecule has 1 aliphatic rings. The summed E-state index contributed by atoms with van der Waals surface area (Å²) in [6, 6.07) is 6.03. The van der Waals surface area contributed by atoms with E-state index in [2.05, 4.69) is 25.8 Å². The van der Waals surface area contributed by atoms with Crippen LogP contribution in [0.3, 0.4) is 0 Å². The van der Waals surface area contributed by atoms with Gasteiger partial charge in [0.2, 0.25) is 17.7 Å². The Labute approximate surface area is 242 Å². The van der Waals surface area contributed by atoms with Crippen molar-refractivity contribution in [2.75, 3.05) is 38.5 Å². The van der Waals surface area contributed by atoms with Gasteiger partial charge in [-0.25, -0.2) is 9.37 Å². The molecule has 218 valence electrons. The number of fused-ring (bicyclic) bond motifs is 1. The molecule has 3 aromatic rings. The standard InChI is InChI=1S/C29H35FN6O4S/c1-5-24(37)34-25(29(40)36-13-11-35(4)12-14-36)17(2)19-8-9-23(22(30)15-19)33-26(38)18(3)32-27(39)21-16-41-28-20(21)7-6-10-31-28/h6-10,15-18,25H,5,11-14H2,1-4H3,(H,32,39)(H,33,38)(H,34,37)/t17-,18-,25+/m0/s1. The summed E-state index contributed by atoms with van der Waals surface area (Å²) < 4.78 is 15.2. The lowest BCUT2D eigenvalue weighted by Gasteiger charge is -2.36. The Kier molecular flexibility index (Phi) is 9.66. The summed E-state index contributed by atoms with van der Waals surface area (Å²) in [5.41, 5.74) is 0.860. The van der Waals surface area contributed by atoms with Crippen LogP contribution in [0.25, 0.3) is 10.2 Å². The minimum absolute atomic E-state index is 0.0585. The molecule has 0 bridgehead atoms. The molecule has 0 unspecified atom stereocenters. The highest BCUT2D eigenvalue weighted by Gasteiger charge is 2.33. The van der Waals surface area contributed by atoms with Gasteiger partial charge in [0.1, 0.15) is 22.7 Å². The summed E-state index contributed by atoms with van der Waals surface area (Å²) in [7, 11) is 1.99. The molecule has 4 amide bonds. The van der Waals surface area contributed by atoms with Crippen molar-refractivity contribution in [2.45, 2.75) is 45.2 Å². The van der Waals surface area contributed by atoms with Crippen molar-refractivity contribution in [3.05, 3.63) is 58.9 Å². The zero-order chi connectivity index (χ0) is 29.7. The fourth-order valence-corrected chi connectivity index (χ4v) is 5.52. The average Bonchev–Trinajstić information content (AvgIpc) is 3.41. The second-order valence-corrected chi connectivity index (χ2v) is 11.1. The Morgan fingerprint density at radius 2 is 1.80 bits per heavy atom. The summed E-state index contributed by atoms with van der Waals surface area (Å²) in [5, 5.41) is 10.4. The SMILES string of the molecule is CCC(=O)N[C@@H](C(=O)N1CCN(C)CC1)[C@@H](C)c1ccc(NC(=O)[C@H](C)NC(=O)c2csc3ncccc23)c(F)c1. The molecular weight excluding hydrogens is 547 g/mol. The number of hydrogen-bond donors (Lipinski definition) is 3. The summed E-state index contributed by atoms with van der Waals surface area (Å²) in [5.74, 6) is -2.70. The van der Waals surface area contributed by atoms with Crippen LogP contribution in [0.15, 0.2) is 41.9 Å². The largest absolute Gasteiger partial charge is 0.344 e. The predicted octanol–water partition coefficient (Wildman–Crippen LogP) is 2.96. The first-order chi connectivity index (χ1) is 19.6. The average molecular weight is 583 g/mol. The van der Waals surface area contributed by atoms with Crippen molar-refractivity contribution in [1.29, 1.82) is 0 Å². The van der Waals surface area contributed by atoms with E-state index in [9.17, 15) is 19.2 Å². The number of nitrogens with zero attached hydrogens (tertiary/aromatic N) is 3. The van der Waals surface area contributed by atoms with Crippen LogP contribution in [0.4, 0.5) is 10.1 Å². The lowest BCUT2D eigenvalue weighted by molar-refractivity contribution is -0.138. The second-order valence-electron chi connectivity index (χ2n) is 10.2. The van der Waals surface area contributed by atoms with Gasteiger partial charge in [0.15, 0.2) is 0 Å². The van der Waals surface area contributed by atoms with Crippen LogP contribution in [0.1, 0.15) is 49.0 Å². The first-order valence-corrected chi connectivity index (χ1v) is 14.5. The Hall–Kier alpha value is -3.90. The van der Waals surface area contributed by atoms with Crippen LogP contribution in [-0.2, 0) is 14.4 Å². The maximum Gasteiger partial charge on any atom is 0.253 e. The molecule has 10 nitrogen and oxygen atoms in total. The van der Waals surface area contributed by atoms with Crippen LogP contribution in [0, 0.1) is 5.82 Å². The first kappa shape index (κ1) is 30.1. The van der Waals surface area contributed by atoms with Crippen molar-refractivity contribution >= 4 is 50.9 Å². The van der Waals surface area contributed by atoms with Gasteiger partial charge in [-0.05, 0) is 43.8 Å². The molecule has 4 rings (SSSR count). The fraction of sp³-hybridized carbons (Fsp3) is 0.414. The smallest absolute Gasteiger partial charge is 0.253 e. The number of thiophene rings is 1. The van der Waals surface area contributed by atoms with Gasteiger partial charge >= 0.3 is 0 Å². The Morgan fingerprint density at radius 1 is 1.07 bits per heavy atom. The summed E-state index contributed by atoms with van der Waals surface area (Å²) >= 11 is 1.33. The number of pyridine rings is 1. The van der Waals surface area contributed by atoms with Gasteiger partial charge in [-0.3, -0.25) is 19.2 Å². The summed E-state index contributed by atoms with van der Waals surface area (Å²) in [6.45, 7) is 7.55. The maximum atomic E-state index is 15.2. The third kappa shape index (κ3) is 7.06. The van der Waals surface area contributed by atoms with Crippen molar-refractivity contribution < 1.29 is 23.6 Å². The van der Waals surface area contributed by atoms with Gasteiger partial charge in [0.25, 0.3) is 5.91 Å². The van der Waals surface area contributed by atoms with Crippen molar-refractivity contribution in [3.63, 3.8) is 0 Å². The van der Waals surface area contributed by atoms with Gasteiger partial charge in [0.05, 0.1) is 11.3 Å². The molecule has 1 fully saturated rings. The molecule has 12 heteroatoms. The van der Waals surface area contributed by atoms with E-state index in [-0.39, 0.29) is 23.9 Å². The monoisotopic (exact) mass is 582 g/mol. The number of likely N-dealkylation sites (N-methyl/N-ethyl adjacent to an activating group) is 1. The summed E-state index contributed by atoms with van der Waals surface area (Å²) in [4.78, 5) is 60.0. The molecule has 3 heterocycles. The molecule has 3 N–H and O–H groups in total. The molecule has 1 saturated heterocycles. The number of benzene rings is 1. The van der Waals surface area contributed by atoms with Gasteiger partial charge in [-0.15, -0.1) is 11.3 Å². The minimum atomic E-state index is -0.943. The van der Waals surface area contributed by atoms with E-state index in [1.54, 1.807) is 48.5 Å². The molecule has 1 aromatic carbocycles. The van der Waals surface area contributed by atoms with E-state index >= 15 is 4.39 Å². The highest BCUT2D eigenvalue weighted by molar-refractivity contribution is 7.17. The molecule has 3 atom stereocenters.